The molecule has 4 heteroatoms. The lowest BCUT2D eigenvalue weighted by Gasteiger charge is -2.49. The van der Waals surface area contributed by atoms with Gasteiger partial charge in [-0.15, -0.1) is 0 Å². The SMILES string of the molecule is CC(O)c1ccc(N(C)CC2(N(C)C)CCC2)c(Br)c1. The molecule has 1 aliphatic rings. The first-order valence-electron chi connectivity index (χ1n) is 7.22. The third-order valence-electron chi connectivity index (χ3n) is 4.63. The van der Waals surface area contributed by atoms with Crippen molar-refractivity contribution in [2.24, 2.45) is 0 Å². The zero-order valence-corrected chi connectivity index (χ0v) is 14.4. The highest BCUT2D eigenvalue weighted by molar-refractivity contribution is 9.10. The van der Waals surface area contributed by atoms with E-state index in [-0.39, 0.29) is 0 Å². The van der Waals surface area contributed by atoms with Gasteiger partial charge >= 0.3 is 0 Å². The molecule has 0 aliphatic heterocycles. The van der Waals surface area contributed by atoms with Gasteiger partial charge in [0.25, 0.3) is 0 Å². The number of likely N-dealkylation sites (N-methyl/N-ethyl adjacent to an activating group) is 2. The molecule has 3 nitrogen and oxygen atoms in total. The fourth-order valence-corrected chi connectivity index (χ4v) is 3.65. The highest BCUT2D eigenvalue weighted by atomic mass is 79.9. The van der Waals surface area contributed by atoms with Crippen LogP contribution in [0.1, 0.15) is 37.9 Å². The van der Waals surface area contributed by atoms with E-state index in [1.54, 1.807) is 6.92 Å². The molecule has 0 heterocycles. The summed E-state index contributed by atoms with van der Waals surface area (Å²) in [6, 6.07) is 6.11. The number of anilines is 1. The summed E-state index contributed by atoms with van der Waals surface area (Å²) in [5, 5.41) is 9.64. The van der Waals surface area contributed by atoms with Gasteiger partial charge in [0.1, 0.15) is 0 Å². The Hall–Kier alpha value is -0.580. The normalized spacial score (nSPS) is 18.8. The van der Waals surface area contributed by atoms with Gasteiger partial charge < -0.3 is 14.9 Å². The minimum Gasteiger partial charge on any atom is -0.389 e. The number of aliphatic hydroxyl groups is 1. The maximum Gasteiger partial charge on any atom is 0.0762 e. The number of hydrogen-bond acceptors (Lipinski definition) is 3. The van der Waals surface area contributed by atoms with Crippen LogP contribution in [0, 0.1) is 0 Å². The minimum atomic E-state index is -0.426. The van der Waals surface area contributed by atoms with Gasteiger partial charge in [0, 0.05) is 23.6 Å². The van der Waals surface area contributed by atoms with E-state index in [2.05, 4.69) is 52.9 Å². The summed E-state index contributed by atoms with van der Waals surface area (Å²) < 4.78 is 1.05. The first-order chi connectivity index (χ1) is 9.35. The molecule has 0 radical (unpaired) electrons. The van der Waals surface area contributed by atoms with Crippen LogP contribution in [0.5, 0.6) is 0 Å². The number of hydrogen-bond donors (Lipinski definition) is 1. The highest BCUT2D eigenvalue weighted by Gasteiger charge is 2.40. The lowest BCUT2D eigenvalue weighted by Crippen LogP contribution is -2.56. The Kier molecular flexibility index (Phi) is 4.77. The Morgan fingerprint density at radius 3 is 2.35 bits per heavy atom. The molecule has 20 heavy (non-hydrogen) atoms. The van der Waals surface area contributed by atoms with Crippen LogP contribution in [-0.2, 0) is 0 Å². The van der Waals surface area contributed by atoms with Crippen molar-refractivity contribution < 1.29 is 5.11 Å². The van der Waals surface area contributed by atoms with Gasteiger partial charge in [0.2, 0.25) is 0 Å². The predicted molar refractivity (Wildman–Crippen MR) is 88.3 cm³/mol. The van der Waals surface area contributed by atoms with E-state index >= 15 is 0 Å². The second-order valence-corrected chi connectivity index (χ2v) is 7.07. The van der Waals surface area contributed by atoms with Crippen LogP contribution >= 0.6 is 15.9 Å². The van der Waals surface area contributed by atoms with Crippen LogP contribution in [0.3, 0.4) is 0 Å². The molecule has 1 aromatic carbocycles. The monoisotopic (exact) mass is 340 g/mol. The zero-order chi connectivity index (χ0) is 14.9. The fraction of sp³-hybridized carbons (Fsp3) is 0.625. The van der Waals surface area contributed by atoms with Gasteiger partial charge in [-0.3, -0.25) is 0 Å². The second-order valence-electron chi connectivity index (χ2n) is 6.22. The smallest absolute Gasteiger partial charge is 0.0762 e. The first-order valence-corrected chi connectivity index (χ1v) is 8.01. The van der Waals surface area contributed by atoms with Gasteiger partial charge in [0.15, 0.2) is 0 Å². The molecule has 0 spiro atoms. The fourth-order valence-electron chi connectivity index (χ4n) is 2.95. The topological polar surface area (TPSA) is 26.7 Å². The zero-order valence-electron chi connectivity index (χ0n) is 12.9. The van der Waals surface area contributed by atoms with E-state index in [9.17, 15) is 5.11 Å². The molecule has 1 aromatic rings. The van der Waals surface area contributed by atoms with Gasteiger partial charge in [-0.2, -0.15) is 0 Å². The highest BCUT2D eigenvalue weighted by Crippen LogP contribution is 2.38. The molecule has 1 unspecified atom stereocenters. The Balaban J connectivity index is 2.15. The quantitative estimate of drug-likeness (QED) is 0.889. The van der Waals surface area contributed by atoms with Crippen molar-refractivity contribution in [1.82, 2.24) is 4.90 Å². The van der Waals surface area contributed by atoms with Crippen LogP contribution < -0.4 is 4.90 Å². The van der Waals surface area contributed by atoms with Crippen LogP contribution in [0.15, 0.2) is 22.7 Å². The first kappa shape index (κ1) is 15.8. The lowest BCUT2D eigenvalue weighted by molar-refractivity contribution is 0.0683. The van der Waals surface area contributed by atoms with Gasteiger partial charge in [-0.1, -0.05) is 6.07 Å². The van der Waals surface area contributed by atoms with E-state index in [1.807, 2.05) is 12.1 Å². The molecule has 1 atom stereocenters. The van der Waals surface area contributed by atoms with Crippen molar-refractivity contribution >= 4 is 21.6 Å². The number of rotatable bonds is 5. The van der Waals surface area contributed by atoms with Gasteiger partial charge in [-0.05, 0) is 73.9 Å². The van der Waals surface area contributed by atoms with Crippen molar-refractivity contribution in [3.63, 3.8) is 0 Å². The number of aliphatic hydroxyl groups excluding tert-OH is 1. The molecular weight excluding hydrogens is 316 g/mol. The average molecular weight is 341 g/mol. The molecule has 0 amide bonds. The summed E-state index contributed by atoms with van der Waals surface area (Å²) in [7, 11) is 6.50. The summed E-state index contributed by atoms with van der Waals surface area (Å²) in [6.07, 6.45) is 3.45. The number of benzene rings is 1. The van der Waals surface area contributed by atoms with E-state index in [1.165, 1.54) is 24.9 Å². The van der Waals surface area contributed by atoms with E-state index in [0.717, 1.165) is 16.6 Å². The number of nitrogens with zero attached hydrogens (tertiary/aromatic N) is 2. The number of halogens is 1. The molecule has 0 saturated heterocycles. The van der Waals surface area contributed by atoms with Crippen molar-refractivity contribution in [2.75, 3.05) is 32.6 Å². The summed E-state index contributed by atoms with van der Waals surface area (Å²) >= 11 is 3.63. The maximum atomic E-state index is 9.64. The molecule has 112 valence electrons. The Bertz CT molecular complexity index is 470. The third kappa shape index (κ3) is 3.02. The summed E-state index contributed by atoms with van der Waals surface area (Å²) in [6.45, 7) is 2.83. The second kappa shape index (κ2) is 6.04. The maximum absolute atomic E-state index is 9.64. The molecule has 1 fully saturated rings. The predicted octanol–water partition coefficient (Wildman–Crippen LogP) is 3.42. The van der Waals surface area contributed by atoms with Crippen molar-refractivity contribution in [3.05, 3.63) is 28.2 Å². The molecule has 0 bridgehead atoms. The Morgan fingerprint density at radius 1 is 1.30 bits per heavy atom. The largest absolute Gasteiger partial charge is 0.389 e. The van der Waals surface area contributed by atoms with E-state index < -0.39 is 6.10 Å². The Morgan fingerprint density at radius 2 is 1.95 bits per heavy atom. The van der Waals surface area contributed by atoms with Crippen LogP contribution in [0.2, 0.25) is 0 Å². The van der Waals surface area contributed by atoms with Gasteiger partial charge in [0.05, 0.1) is 11.8 Å². The molecule has 0 aromatic heterocycles. The van der Waals surface area contributed by atoms with Crippen molar-refractivity contribution in [3.8, 4) is 0 Å². The van der Waals surface area contributed by atoms with Crippen LogP contribution in [-0.4, -0.2) is 43.2 Å². The third-order valence-corrected chi connectivity index (χ3v) is 5.26. The minimum absolute atomic E-state index is 0.317. The van der Waals surface area contributed by atoms with Crippen molar-refractivity contribution in [1.29, 1.82) is 0 Å². The van der Waals surface area contributed by atoms with Crippen LogP contribution in [0.25, 0.3) is 0 Å². The molecule has 1 aliphatic carbocycles. The van der Waals surface area contributed by atoms with Crippen molar-refractivity contribution in [2.45, 2.75) is 37.8 Å². The summed E-state index contributed by atoms with van der Waals surface area (Å²) in [5.41, 5.74) is 2.44. The summed E-state index contributed by atoms with van der Waals surface area (Å²) in [4.78, 5) is 4.68. The lowest BCUT2D eigenvalue weighted by atomic mass is 9.75. The average Bonchev–Trinajstić information content (AvgIpc) is 2.32. The van der Waals surface area contributed by atoms with Gasteiger partial charge in [-0.25, -0.2) is 0 Å². The molecule has 1 saturated carbocycles. The Labute approximate surface area is 130 Å². The molecular formula is C16H25BrN2O. The van der Waals surface area contributed by atoms with E-state index in [0.29, 0.717) is 5.54 Å². The standard InChI is InChI=1S/C16H25BrN2O/c1-12(20)13-6-7-15(14(17)10-13)19(4)11-16(18(2)3)8-5-9-16/h6-7,10,12,20H,5,8-9,11H2,1-4H3. The molecule has 2 rings (SSSR count). The molecule has 1 N–H and O–H groups in total. The summed E-state index contributed by atoms with van der Waals surface area (Å²) in [5.74, 6) is 0. The van der Waals surface area contributed by atoms with Crippen LogP contribution in [0.4, 0.5) is 5.69 Å². The van der Waals surface area contributed by atoms with E-state index in [4.69, 9.17) is 0 Å².